The summed E-state index contributed by atoms with van der Waals surface area (Å²) in [6.07, 6.45) is 10.6. The third-order valence-corrected chi connectivity index (χ3v) is 3.08. The number of hydrogen-bond acceptors (Lipinski definition) is 3. The van der Waals surface area contributed by atoms with Gasteiger partial charge in [0.05, 0.1) is 5.54 Å². The van der Waals surface area contributed by atoms with Gasteiger partial charge in [-0.3, -0.25) is 0 Å². The lowest BCUT2D eigenvalue weighted by atomic mass is 9.83. The third-order valence-electron chi connectivity index (χ3n) is 3.08. The van der Waals surface area contributed by atoms with Gasteiger partial charge in [0.15, 0.2) is 0 Å². The molecular weight excluding hydrogens is 186 g/mol. The van der Waals surface area contributed by atoms with Crippen LogP contribution in [0.5, 0.6) is 0 Å². The van der Waals surface area contributed by atoms with Crippen molar-refractivity contribution in [3.8, 4) is 0 Å². The first kappa shape index (κ1) is 12.4. The van der Waals surface area contributed by atoms with Gasteiger partial charge in [0, 0.05) is 6.04 Å². The predicted molar refractivity (Wildman–Crippen MR) is 65.8 cm³/mol. The Labute approximate surface area is 93.0 Å². The van der Waals surface area contributed by atoms with E-state index in [0.717, 1.165) is 19.4 Å². The van der Waals surface area contributed by atoms with E-state index in [2.05, 4.69) is 42.5 Å². The Balaban J connectivity index is 2.53. The van der Waals surface area contributed by atoms with Crippen molar-refractivity contribution >= 4 is 0 Å². The largest absolute Gasteiger partial charge is 0.323 e. The first-order valence-corrected chi connectivity index (χ1v) is 5.56. The highest BCUT2D eigenvalue weighted by atomic mass is 15.1. The number of rotatable bonds is 5. The summed E-state index contributed by atoms with van der Waals surface area (Å²) in [5.41, 5.74) is 6.08. The van der Waals surface area contributed by atoms with Gasteiger partial charge in [-0.15, -0.1) is 0 Å². The van der Waals surface area contributed by atoms with Crippen LogP contribution in [0.3, 0.4) is 0 Å². The van der Waals surface area contributed by atoms with Gasteiger partial charge in [-0.05, 0) is 40.5 Å². The molecule has 2 unspecified atom stereocenters. The molecule has 15 heavy (non-hydrogen) atoms. The van der Waals surface area contributed by atoms with E-state index in [1.165, 1.54) is 0 Å². The molecule has 86 valence electrons. The predicted octanol–water partition coefficient (Wildman–Crippen LogP) is 0.740. The Kier molecular flexibility index (Phi) is 4.51. The van der Waals surface area contributed by atoms with Crippen LogP contribution in [0, 0.1) is 0 Å². The number of nitrogens with two attached hydrogens (primary N) is 1. The van der Waals surface area contributed by atoms with Crippen LogP contribution < -0.4 is 11.1 Å². The zero-order valence-electron chi connectivity index (χ0n) is 10.0. The van der Waals surface area contributed by atoms with Gasteiger partial charge in [-0.2, -0.15) is 0 Å². The lowest BCUT2D eigenvalue weighted by Crippen LogP contribution is -2.55. The van der Waals surface area contributed by atoms with Gasteiger partial charge >= 0.3 is 0 Å². The van der Waals surface area contributed by atoms with Crippen molar-refractivity contribution in [3.63, 3.8) is 0 Å². The highest BCUT2D eigenvalue weighted by Gasteiger charge is 2.31. The van der Waals surface area contributed by atoms with Gasteiger partial charge < -0.3 is 16.0 Å². The second-order valence-corrected chi connectivity index (χ2v) is 4.47. The minimum Gasteiger partial charge on any atom is -0.323 e. The van der Waals surface area contributed by atoms with Crippen LogP contribution >= 0.6 is 0 Å². The maximum absolute atomic E-state index is 6.13. The van der Waals surface area contributed by atoms with E-state index in [4.69, 9.17) is 5.73 Å². The fraction of sp³-hybridized carbons (Fsp3) is 0.667. The van der Waals surface area contributed by atoms with Gasteiger partial charge in [0.25, 0.3) is 0 Å². The van der Waals surface area contributed by atoms with Crippen LogP contribution in [-0.4, -0.2) is 44.2 Å². The molecule has 0 aliphatic heterocycles. The minimum absolute atomic E-state index is 0.0508. The number of nitrogens with zero attached hydrogens (tertiary/aromatic N) is 1. The van der Waals surface area contributed by atoms with Crippen LogP contribution in [-0.2, 0) is 0 Å². The second-order valence-electron chi connectivity index (χ2n) is 4.47. The van der Waals surface area contributed by atoms with Crippen molar-refractivity contribution in [3.05, 3.63) is 24.3 Å². The smallest absolute Gasteiger partial charge is 0.0555 e. The average Bonchev–Trinajstić information content (AvgIpc) is 2.21. The minimum atomic E-state index is -0.0508. The van der Waals surface area contributed by atoms with E-state index in [-0.39, 0.29) is 11.6 Å². The summed E-state index contributed by atoms with van der Waals surface area (Å²) >= 11 is 0. The number of nitrogens with one attached hydrogen (secondary N) is 1. The molecule has 0 saturated carbocycles. The van der Waals surface area contributed by atoms with Crippen molar-refractivity contribution in [2.75, 3.05) is 27.7 Å². The highest BCUT2D eigenvalue weighted by molar-refractivity contribution is 5.26. The molecule has 3 nitrogen and oxygen atoms in total. The van der Waals surface area contributed by atoms with E-state index >= 15 is 0 Å². The molecule has 1 aliphatic carbocycles. The van der Waals surface area contributed by atoms with Crippen LogP contribution in [0.15, 0.2) is 24.3 Å². The van der Waals surface area contributed by atoms with Gasteiger partial charge in [0.2, 0.25) is 0 Å². The van der Waals surface area contributed by atoms with Crippen molar-refractivity contribution in [1.82, 2.24) is 10.2 Å². The Morgan fingerprint density at radius 3 is 2.67 bits per heavy atom. The van der Waals surface area contributed by atoms with Crippen LogP contribution in [0.2, 0.25) is 0 Å². The summed E-state index contributed by atoms with van der Waals surface area (Å²) in [6, 6.07) is 0.0784. The molecule has 0 spiro atoms. The molecule has 3 N–H and O–H groups in total. The summed E-state index contributed by atoms with van der Waals surface area (Å²) in [6.45, 7) is 1.10. The first-order chi connectivity index (χ1) is 7.10. The summed E-state index contributed by atoms with van der Waals surface area (Å²) < 4.78 is 0. The number of likely N-dealkylation sites (N-methyl/N-ethyl adjacent to an activating group) is 1. The van der Waals surface area contributed by atoms with E-state index < -0.39 is 0 Å². The van der Waals surface area contributed by atoms with Gasteiger partial charge in [-0.1, -0.05) is 24.3 Å². The summed E-state index contributed by atoms with van der Waals surface area (Å²) in [4.78, 5) is 2.21. The maximum atomic E-state index is 6.13. The molecule has 0 saturated heterocycles. The molecule has 0 heterocycles. The highest BCUT2D eigenvalue weighted by Crippen LogP contribution is 2.22. The van der Waals surface area contributed by atoms with Crippen molar-refractivity contribution in [2.45, 2.75) is 24.4 Å². The molecule has 0 aromatic rings. The normalized spacial score (nSPS) is 30.1. The SMILES string of the molecule is CNC1(CCCN(C)C)C=CC=CC1N. The quantitative estimate of drug-likeness (QED) is 0.702. The Bertz CT molecular complexity index is 245. The standard InChI is InChI=1S/C12H23N3/c1-14-12(9-6-10-15(2)3)8-5-4-7-11(12)13/h4-5,7-8,11,14H,6,9-10,13H2,1-3H3. The van der Waals surface area contributed by atoms with E-state index in [0.29, 0.717) is 0 Å². The molecule has 0 radical (unpaired) electrons. The van der Waals surface area contributed by atoms with Crippen LogP contribution in [0.25, 0.3) is 0 Å². The monoisotopic (exact) mass is 209 g/mol. The molecule has 1 aliphatic rings. The zero-order chi connectivity index (χ0) is 11.3. The molecule has 2 atom stereocenters. The molecule has 0 aromatic heterocycles. The van der Waals surface area contributed by atoms with Crippen molar-refractivity contribution in [1.29, 1.82) is 0 Å². The Morgan fingerprint density at radius 2 is 2.13 bits per heavy atom. The first-order valence-electron chi connectivity index (χ1n) is 5.56. The van der Waals surface area contributed by atoms with Crippen LogP contribution in [0.1, 0.15) is 12.8 Å². The maximum Gasteiger partial charge on any atom is 0.0555 e. The molecule has 3 heteroatoms. The summed E-state index contributed by atoms with van der Waals surface area (Å²) in [7, 11) is 6.18. The third kappa shape index (κ3) is 3.16. The molecule has 1 rings (SSSR count). The Hall–Kier alpha value is -0.640. The van der Waals surface area contributed by atoms with Gasteiger partial charge in [0.1, 0.15) is 0 Å². The number of allylic oxidation sites excluding steroid dienone is 2. The Morgan fingerprint density at radius 1 is 1.40 bits per heavy atom. The van der Waals surface area contributed by atoms with Gasteiger partial charge in [-0.25, -0.2) is 0 Å². The summed E-state index contributed by atoms with van der Waals surface area (Å²) in [5.74, 6) is 0. The van der Waals surface area contributed by atoms with Crippen molar-refractivity contribution < 1.29 is 0 Å². The fourth-order valence-electron chi connectivity index (χ4n) is 2.01. The zero-order valence-corrected chi connectivity index (χ0v) is 10.0. The fourth-order valence-corrected chi connectivity index (χ4v) is 2.01. The van der Waals surface area contributed by atoms with Crippen molar-refractivity contribution in [2.24, 2.45) is 5.73 Å². The molecular formula is C12H23N3. The van der Waals surface area contributed by atoms with E-state index in [1.807, 2.05) is 13.1 Å². The summed E-state index contributed by atoms with van der Waals surface area (Å²) in [5, 5.41) is 3.36. The second kappa shape index (κ2) is 5.45. The molecule has 0 amide bonds. The molecule has 0 aromatic carbocycles. The van der Waals surface area contributed by atoms with E-state index in [1.54, 1.807) is 0 Å². The molecule has 0 bridgehead atoms. The molecule has 0 fully saturated rings. The topological polar surface area (TPSA) is 41.3 Å². The lowest BCUT2D eigenvalue weighted by Gasteiger charge is -2.36. The van der Waals surface area contributed by atoms with Crippen LogP contribution in [0.4, 0.5) is 0 Å². The number of hydrogen-bond donors (Lipinski definition) is 2. The average molecular weight is 209 g/mol. The lowest BCUT2D eigenvalue weighted by molar-refractivity contribution is 0.319. The van der Waals surface area contributed by atoms with E-state index in [9.17, 15) is 0 Å².